The minimum absolute atomic E-state index is 0.0478. The van der Waals surface area contributed by atoms with E-state index in [1.165, 1.54) is 11.1 Å². The third kappa shape index (κ3) is 5.04. The van der Waals surface area contributed by atoms with Crippen LogP contribution in [-0.4, -0.2) is 12.5 Å². The van der Waals surface area contributed by atoms with E-state index < -0.39 is 0 Å². The number of nitrogens with one attached hydrogen (secondary N) is 1. The predicted molar refractivity (Wildman–Crippen MR) is 85.9 cm³/mol. The van der Waals surface area contributed by atoms with E-state index in [1.807, 2.05) is 43.3 Å². The molecular formula is C18H22N2O. The second-order valence-corrected chi connectivity index (χ2v) is 5.30. The number of aryl methyl sites for hydroxylation is 1. The summed E-state index contributed by atoms with van der Waals surface area (Å²) < 4.78 is 0. The molecule has 21 heavy (non-hydrogen) atoms. The van der Waals surface area contributed by atoms with E-state index in [0.29, 0.717) is 19.5 Å². The van der Waals surface area contributed by atoms with E-state index in [1.54, 1.807) is 0 Å². The monoisotopic (exact) mass is 282 g/mol. The van der Waals surface area contributed by atoms with E-state index >= 15 is 0 Å². The number of nitrogens with two attached hydrogens (primary N) is 1. The van der Waals surface area contributed by atoms with E-state index in [0.717, 1.165) is 17.5 Å². The number of carbonyl (C=O) groups is 1. The van der Waals surface area contributed by atoms with Crippen LogP contribution in [0.4, 0.5) is 0 Å². The van der Waals surface area contributed by atoms with Crippen molar-refractivity contribution in [2.75, 3.05) is 6.54 Å². The Hall–Kier alpha value is -2.13. The van der Waals surface area contributed by atoms with Gasteiger partial charge in [0.25, 0.3) is 0 Å². The van der Waals surface area contributed by atoms with Crippen LogP contribution in [0.5, 0.6) is 0 Å². The van der Waals surface area contributed by atoms with Gasteiger partial charge in [0.15, 0.2) is 0 Å². The summed E-state index contributed by atoms with van der Waals surface area (Å²) in [5.41, 5.74) is 10.1. The van der Waals surface area contributed by atoms with Crippen molar-refractivity contribution in [2.45, 2.75) is 26.3 Å². The number of benzene rings is 2. The molecule has 0 bridgehead atoms. The van der Waals surface area contributed by atoms with Gasteiger partial charge in [0, 0.05) is 6.54 Å². The fourth-order valence-corrected chi connectivity index (χ4v) is 2.26. The summed E-state index contributed by atoms with van der Waals surface area (Å²) in [7, 11) is 0. The van der Waals surface area contributed by atoms with Crippen LogP contribution in [0.2, 0.25) is 0 Å². The topological polar surface area (TPSA) is 55.1 Å². The number of rotatable bonds is 6. The van der Waals surface area contributed by atoms with Crippen LogP contribution in [0.25, 0.3) is 0 Å². The summed E-state index contributed by atoms with van der Waals surface area (Å²) in [5, 5.41) is 2.95. The van der Waals surface area contributed by atoms with E-state index in [-0.39, 0.29) is 5.91 Å². The second kappa shape index (κ2) is 7.60. The van der Waals surface area contributed by atoms with Gasteiger partial charge >= 0.3 is 0 Å². The fraction of sp³-hybridized carbons (Fsp3) is 0.278. The molecule has 0 aliphatic carbocycles. The van der Waals surface area contributed by atoms with Crippen molar-refractivity contribution in [1.29, 1.82) is 0 Å². The molecule has 0 aliphatic heterocycles. The summed E-state index contributed by atoms with van der Waals surface area (Å²) in [4.78, 5) is 11.9. The Morgan fingerprint density at radius 3 is 2.43 bits per heavy atom. The zero-order valence-electron chi connectivity index (χ0n) is 12.4. The third-order valence-electron chi connectivity index (χ3n) is 3.39. The molecule has 2 aromatic rings. The maximum absolute atomic E-state index is 11.9. The van der Waals surface area contributed by atoms with Gasteiger partial charge in [-0.05, 0) is 36.6 Å². The first-order valence-electron chi connectivity index (χ1n) is 7.27. The van der Waals surface area contributed by atoms with Gasteiger partial charge in [-0.1, -0.05) is 54.1 Å². The van der Waals surface area contributed by atoms with E-state index in [2.05, 4.69) is 17.4 Å². The molecule has 3 N–H and O–H groups in total. The molecule has 3 heteroatoms. The molecular weight excluding hydrogens is 260 g/mol. The molecule has 0 radical (unpaired) electrons. The highest BCUT2D eigenvalue weighted by atomic mass is 16.1. The molecule has 0 atom stereocenters. The Bertz CT molecular complexity index is 590. The number of carbonyl (C=O) groups excluding carboxylic acids is 1. The fourth-order valence-electron chi connectivity index (χ4n) is 2.26. The number of amides is 1. The molecule has 2 rings (SSSR count). The van der Waals surface area contributed by atoms with Gasteiger partial charge in [-0.2, -0.15) is 0 Å². The largest absolute Gasteiger partial charge is 0.352 e. The molecule has 0 saturated heterocycles. The van der Waals surface area contributed by atoms with E-state index in [9.17, 15) is 4.79 Å². The highest BCUT2D eigenvalue weighted by Gasteiger charge is 2.03. The summed E-state index contributed by atoms with van der Waals surface area (Å²) in [6, 6.07) is 16.2. The normalized spacial score (nSPS) is 10.4. The number of hydrogen-bond donors (Lipinski definition) is 2. The van der Waals surface area contributed by atoms with Crippen molar-refractivity contribution in [3.8, 4) is 0 Å². The Balaban J connectivity index is 1.83. The molecule has 0 unspecified atom stereocenters. The summed E-state index contributed by atoms with van der Waals surface area (Å²) in [6.07, 6.45) is 1.31. The lowest BCUT2D eigenvalue weighted by Gasteiger charge is -2.07. The Morgan fingerprint density at radius 2 is 1.76 bits per heavy atom. The zero-order valence-corrected chi connectivity index (χ0v) is 12.4. The summed E-state index contributed by atoms with van der Waals surface area (Å²) in [6.45, 7) is 3.25. The Labute approximate surface area is 126 Å². The highest BCUT2D eigenvalue weighted by Crippen LogP contribution is 2.06. The Morgan fingerprint density at radius 1 is 1.05 bits per heavy atom. The minimum Gasteiger partial charge on any atom is -0.352 e. The first-order chi connectivity index (χ1) is 10.2. The molecule has 3 nitrogen and oxygen atoms in total. The molecule has 0 aromatic heterocycles. The summed E-state index contributed by atoms with van der Waals surface area (Å²) >= 11 is 0. The van der Waals surface area contributed by atoms with Crippen molar-refractivity contribution >= 4 is 5.91 Å². The quantitative estimate of drug-likeness (QED) is 0.854. The lowest BCUT2D eigenvalue weighted by atomic mass is 10.1. The van der Waals surface area contributed by atoms with Gasteiger partial charge in [0.1, 0.15) is 0 Å². The average Bonchev–Trinajstić information content (AvgIpc) is 2.47. The van der Waals surface area contributed by atoms with E-state index in [4.69, 9.17) is 5.73 Å². The van der Waals surface area contributed by atoms with Crippen LogP contribution < -0.4 is 11.1 Å². The van der Waals surface area contributed by atoms with Crippen molar-refractivity contribution in [3.05, 3.63) is 70.8 Å². The molecule has 110 valence electrons. The van der Waals surface area contributed by atoms with Gasteiger partial charge in [0.2, 0.25) is 5.91 Å². The van der Waals surface area contributed by atoms with Crippen LogP contribution >= 0.6 is 0 Å². The minimum atomic E-state index is 0.0478. The molecule has 1 amide bonds. The smallest absolute Gasteiger partial charge is 0.224 e. The molecule has 0 spiro atoms. The molecule has 0 fully saturated rings. The second-order valence-electron chi connectivity index (χ2n) is 5.30. The average molecular weight is 282 g/mol. The molecule has 0 aliphatic rings. The number of hydrogen-bond acceptors (Lipinski definition) is 2. The van der Waals surface area contributed by atoms with Crippen LogP contribution in [0, 0.1) is 6.92 Å². The lowest BCUT2D eigenvalue weighted by Crippen LogP contribution is -2.24. The van der Waals surface area contributed by atoms with Gasteiger partial charge in [0.05, 0.1) is 6.42 Å². The zero-order chi connectivity index (χ0) is 15.1. The van der Waals surface area contributed by atoms with Gasteiger partial charge in [-0.25, -0.2) is 0 Å². The molecule has 2 aromatic carbocycles. The predicted octanol–water partition coefficient (Wildman–Crippen LogP) is 2.36. The van der Waals surface area contributed by atoms with Crippen molar-refractivity contribution in [2.24, 2.45) is 5.73 Å². The maximum atomic E-state index is 11.9. The lowest BCUT2D eigenvalue weighted by molar-refractivity contribution is -0.120. The van der Waals surface area contributed by atoms with Crippen LogP contribution in [0.3, 0.4) is 0 Å². The van der Waals surface area contributed by atoms with Crippen LogP contribution in [0.15, 0.2) is 48.5 Å². The first kappa shape index (κ1) is 15.3. The summed E-state index contributed by atoms with van der Waals surface area (Å²) in [5.74, 6) is 0.0478. The van der Waals surface area contributed by atoms with Crippen molar-refractivity contribution < 1.29 is 4.79 Å². The van der Waals surface area contributed by atoms with Crippen LogP contribution in [0.1, 0.15) is 22.3 Å². The Kier molecular flexibility index (Phi) is 5.52. The SMILES string of the molecule is Cc1cccc(CC(=O)NCc2ccc(CCN)cc2)c1. The molecule has 0 saturated carbocycles. The van der Waals surface area contributed by atoms with Crippen molar-refractivity contribution in [3.63, 3.8) is 0 Å². The first-order valence-corrected chi connectivity index (χ1v) is 7.27. The standard InChI is InChI=1S/C18H22N2O/c1-14-3-2-4-17(11-14)12-18(21)20-13-16-7-5-15(6-8-16)9-10-19/h2-8,11H,9-10,12-13,19H2,1H3,(H,20,21). The highest BCUT2D eigenvalue weighted by molar-refractivity contribution is 5.78. The van der Waals surface area contributed by atoms with Crippen molar-refractivity contribution in [1.82, 2.24) is 5.32 Å². The maximum Gasteiger partial charge on any atom is 0.224 e. The van der Waals surface area contributed by atoms with Crippen LogP contribution in [-0.2, 0) is 24.2 Å². The van der Waals surface area contributed by atoms with Gasteiger partial charge in [-0.15, -0.1) is 0 Å². The van der Waals surface area contributed by atoms with Gasteiger partial charge < -0.3 is 11.1 Å². The third-order valence-corrected chi connectivity index (χ3v) is 3.39. The van der Waals surface area contributed by atoms with Gasteiger partial charge in [-0.3, -0.25) is 4.79 Å². The molecule has 0 heterocycles.